The SMILES string of the molecule is [3H]CSCOC(=O)N[C@@H](C=C(C)C)[C@@H](O)C(=O)O[C@H]1C[C@@]2(O)[C@@H](OC(=O)c3ccccc3)[C@@H]3[C@]4(O)CO[C@@H]4C[C@H](O)[C@@]3(C)C(=O)[C@H](O)C(=C1C)C2(C)C.[Ac].[Ac]. The fourth-order valence-corrected chi connectivity index (χ4v) is 8.77. The first-order valence-corrected chi connectivity index (χ1v) is 18.2. The van der Waals surface area contributed by atoms with Gasteiger partial charge < -0.3 is 49.8 Å². The van der Waals surface area contributed by atoms with Crippen molar-refractivity contribution in [2.24, 2.45) is 16.7 Å². The monoisotopic (exact) mass is 1200 g/mol. The molecule has 6 N–H and O–H groups in total. The summed E-state index contributed by atoms with van der Waals surface area (Å²) < 4.78 is 29.8. The molecule has 17 heteroatoms. The van der Waals surface area contributed by atoms with Gasteiger partial charge in [0, 0.05) is 114 Å². The number of aliphatic hydroxyl groups excluding tert-OH is 3. The summed E-state index contributed by atoms with van der Waals surface area (Å²) in [6, 6.07) is 6.53. The second-order valence-corrected chi connectivity index (χ2v) is 15.8. The van der Waals surface area contributed by atoms with Gasteiger partial charge in [0.25, 0.3) is 0 Å². The Hall–Kier alpha value is -0.427. The normalized spacial score (nSPS) is 34.9. The van der Waals surface area contributed by atoms with Crippen molar-refractivity contribution in [2.75, 3.05) is 18.8 Å². The van der Waals surface area contributed by atoms with Crippen LogP contribution in [0.25, 0.3) is 0 Å². The molecule has 1 saturated heterocycles. The Labute approximate surface area is 392 Å². The predicted octanol–water partition coefficient (Wildman–Crippen LogP) is 1.80. The molecule has 2 radical (unpaired) electrons. The predicted molar refractivity (Wildman–Crippen MR) is 187 cm³/mol. The number of nitrogens with one attached hydrogen (secondary N) is 1. The smallest absolute Gasteiger partial charge is 0.408 e. The zero-order chi connectivity index (χ0) is 39.3. The number of carbonyl (C=O) groups excluding carboxylic acids is 4. The second-order valence-electron chi connectivity index (χ2n) is 15.1. The molecule has 3 aliphatic carbocycles. The third kappa shape index (κ3) is 8.37. The van der Waals surface area contributed by atoms with E-state index in [2.05, 4.69) is 5.32 Å². The second kappa shape index (κ2) is 18.2. The number of esters is 2. The summed E-state index contributed by atoms with van der Waals surface area (Å²) in [6.45, 7) is 8.98. The van der Waals surface area contributed by atoms with Crippen LogP contribution >= 0.6 is 11.8 Å². The van der Waals surface area contributed by atoms with Crippen molar-refractivity contribution in [3.63, 3.8) is 0 Å². The third-order valence-electron chi connectivity index (χ3n) is 11.5. The van der Waals surface area contributed by atoms with E-state index in [-0.39, 0.29) is 130 Å². The number of fused-ring (bicyclic) bond motifs is 5. The average molecular weight is 1200 g/mol. The van der Waals surface area contributed by atoms with Gasteiger partial charge in [0.1, 0.15) is 35.5 Å². The molecular formula is C37H49Ac2NO13S. The van der Waals surface area contributed by atoms with Gasteiger partial charge in [-0.2, -0.15) is 0 Å². The molecule has 14 nitrogen and oxygen atoms in total. The summed E-state index contributed by atoms with van der Waals surface area (Å²) in [5.41, 5.74) is -6.93. The van der Waals surface area contributed by atoms with E-state index in [0.29, 0.717) is 5.57 Å². The Balaban J connectivity index is 0.00000406. The minimum atomic E-state index is -2.31. The molecule has 2 bridgehead atoms. The van der Waals surface area contributed by atoms with Crippen LogP contribution < -0.4 is 5.32 Å². The summed E-state index contributed by atoms with van der Waals surface area (Å²) in [6.07, 6.45) is -9.95. The van der Waals surface area contributed by atoms with Gasteiger partial charge in [-0.15, -0.1) is 11.8 Å². The maximum Gasteiger partial charge on any atom is 0.408 e. The van der Waals surface area contributed by atoms with Crippen LogP contribution in [0, 0.1) is 105 Å². The zero-order valence-electron chi connectivity index (χ0n) is 32.2. The van der Waals surface area contributed by atoms with E-state index in [1.807, 2.05) is 0 Å². The molecule has 1 aliphatic heterocycles. The van der Waals surface area contributed by atoms with E-state index in [4.69, 9.17) is 20.3 Å². The first-order chi connectivity index (χ1) is 24.7. The molecule has 1 heterocycles. The zero-order valence-corrected chi connectivity index (χ0v) is 41.5. The maximum absolute atomic E-state index is 14.6. The Morgan fingerprint density at radius 2 is 1.76 bits per heavy atom. The van der Waals surface area contributed by atoms with Crippen molar-refractivity contribution >= 4 is 35.6 Å². The molecule has 0 unspecified atom stereocenters. The molecule has 0 spiro atoms. The minimum Gasteiger partial charge on any atom is -0.456 e. The van der Waals surface area contributed by atoms with Crippen LogP contribution in [-0.2, 0) is 28.5 Å². The van der Waals surface area contributed by atoms with Crippen molar-refractivity contribution in [3.8, 4) is 0 Å². The number of rotatable bonds is 9. The Morgan fingerprint density at radius 3 is 2.33 bits per heavy atom. The first-order valence-electron chi connectivity index (χ1n) is 17.7. The number of aliphatic hydroxyl groups is 5. The first kappa shape index (κ1) is 46.3. The Kier molecular flexibility index (Phi) is 15.6. The van der Waals surface area contributed by atoms with Crippen molar-refractivity contribution in [3.05, 3.63) is 58.7 Å². The number of benzene rings is 1. The number of ketones is 1. The summed E-state index contributed by atoms with van der Waals surface area (Å²) in [5, 5.41) is 62.5. The van der Waals surface area contributed by atoms with Gasteiger partial charge in [-0.1, -0.05) is 43.7 Å². The molecule has 5 rings (SSSR count). The molecule has 0 aromatic heterocycles. The number of hydrogen-bond donors (Lipinski definition) is 6. The number of carbonyl (C=O) groups is 4. The van der Waals surface area contributed by atoms with E-state index < -0.39 is 101 Å². The number of Topliss-reactive ketones (excluding diaryl/α,β-unsaturated/α-hetero) is 1. The Morgan fingerprint density at radius 1 is 1.11 bits per heavy atom. The summed E-state index contributed by atoms with van der Waals surface area (Å²) >= 11 is 1.01. The van der Waals surface area contributed by atoms with Crippen molar-refractivity contribution < 1.29 is 153 Å². The van der Waals surface area contributed by atoms with E-state index >= 15 is 0 Å². The van der Waals surface area contributed by atoms with Crippen LogP contribution in [-0.4, -0.2) is 122 Å². The van der Waals surface area contributed by atoms with E-state index in [0.717, 1.165) is 11.8 Å². The number of hydrogen-bond acceptors (Lipinski definition) is 14. The summed E-state index contributed by atoms with van der Waals surface area (Å²) in [5.74, 6) is -4.71. The number of thioether (sulfide) groups is 1. The van der Waals surface area contributed by atoms with E-state index in [1.54, 1.807) is 45.9 Å². The fourth-order valence-electron chi connectivity index (χ4n) is 8.58. The van der Waals surface area contributed by atoms with Crippen LogP contribution in [0.4, 0.5) is 4.79 Å². The average Bonchev–Trinajstić information content (AvgIpc) is 3.09. The minimum absolute atomic E-state index is 0. The van der Waals surface area contributed by atoms with Gasteiger partial charge >= 0.3 is 18.0 Å². The van der Waals surface area contributed by atoms with Crippen LogP contribution in [0.5, 0.6) is 0 Å². The maximum atomic E-state index is 14.6. The van der Waals surface area contributed by atoms with Gasteiger partial charge in [-0.25, -0.2) is 14.4 Å². The molecule has 54 heavy (non-hydrogen) atoms. The molecular weight excluding hydrogens is 1150 g/mol. The fraction of sp³-hybridized carbons (Fsp3) is 0.622. The standard InChI is InChI=1S/C37H49NO13S.2Ac/c1-18(2)13-21(38-33(45)49-17-52-7)26(40)32(44)50-22-15-37(47)30(51-31(43)20-11-9-8-10-12-20)28-35(6,23(39)14-24-36(28,46)16-48-24)29(42)27(41)25(19(22)3)34(37,4)5;;/h8-13,21-24,26-28,30,39-41,46-47H,14-17H2,1-7H3,(H,38,45);;/t21-,22-,23-,24+,26+,27+,28-,30-,35+,36-,37+;;/m0../s1/i7T;;. The molecule has 1 aromatic carbocycles. The van der Waals surface area contributed by atoms with Crippen molar-refractivity contribution in [1.29, 1.82) is 0 Å². The number of alkyl carbamates (subject to hydrolysis) is 1. The molecule has 11 atom stereocenters. The molecule has 4 aliphatic rings. The Bertz CT molecular complexity index is 1680. The molecule has 1 amide bonds. The number of ether oxygens (including phenoxy) is 4. The molecule has 2 saturated carbocycles. The van der Waals surface area contributed by atoms with Crippen molar-refractivity contribution in [1.82, 2.24) is 5.32 Å². The summed E-state index contributed by atoms with van der Waals surface area (Å²) in [4.78, 5) is 54.6. The number of allylic oxidation sites excluding steroid dienone is 1. The quantitative estimate of drug-likeness (QED) is 0.0684. The van der Waals surface area contributed by atoms with Gasteiger partial charge in [0.2, 0.25) is 0 Å². The largest absolute Gasteiger partial charge is 0.456 e. The molecule has 292 valence electrons. The van der Waals surface area contributed by atoms with Gasteiger partial charge in [0.15, 0.2) is 11.9 Å². The third-order valence-corrected chi connectivity index (χ3v) is 11.8. The number of amides is 1. The molecule has 3 fully saturated rings. The summed E-state index contributed by atoms with van der Waals surface area (Å²) in [7, 11) is 0. The van der Waals surface area contributed by atoms with Gasteiger partial charge in [-0.05, 0) is 57.2 Å². The van der Waals surface area contributed by atoms with Gasteiger partial charge in [0.05, 0.1) is 35.8 Å². The van der Waals surface area contributed by atoms with Crippen LogP contribution in [0.3, 0.4) is 0 Å². The van der Waals surface area contributed by atoms with Crippen LogP contribution in [0.15, 0.2) is 53.1 Å². The van der Waals surface area contributed by atoms with Crippen molar-refractivity contribution in [2.45, 2.75) is 108 Å². The van der Waals surface area contributed by atoms with Crippen LogP contribution in [0.2, 0.25) is 0 Å². The van der Waals surface area contributed by atoms with E-state index in [1.165, 1.54) is 32.1 Å². The van der Waals surface area contributed by atoms with E-state index in [9.17, 15) is 44.7 Å². The van der Waals surface area contributed by atoms with Crippen LogP contribution in [0.1, 0.15) is 66.1 Å². The van der Waals surface area contributed by atoms with Gasteiger partial charge in [-0.3, -0.25) is 4.79 Å². The molecule has 1 aromatic rings. The topological polar surface area (TPSA) is 218 Å².